The number of fused-ring (bicyclic) bond motifs is 3. The summed E-state index contributed by atoms with van der Waals surface area (Å²) in [5.41, 5.74) is 9.37. The third-order valence-corrected chi connectivity index (χ3v) is 19.4. The van der Waals surface area contributed by atoms with Crippen LogP contribution < -0.4 is 32.1 Å². The van der Waals surface area contributed by atoms with Crippen LogP contribution in [0.25, 0.3) is 11.2 Å². The summed E-state index contributed by atoms with van der Waals surface area (Å²) >= 11 is 0. The van der Waals surface area contributed by atoms with Gasteiger partial charge in [-0.2, -0.15) is 43.2 Å². The standard InChI is InChI=1S/C59H72N10O16S4/c1-57(2)45-32-43(88(80,81)82)20-22-47(45)68(28-7-9-30-86(74,75)76)49(57)24-16-38-12-11-13-39(17-25-50-58(3,4)46-33-44(89(83,84)85)21-23-48(46)69(50)29-8-10-31-87(77,78)79)51(38)61-27-6-5-26-59(36-70,37-71)67-54(72)40-14-18-41(19-15-40)62-34-42-35-63-53-52(64-42)55(73)66-56(60)65-53/h14-25,32-33,35-36,71H,5-13,26-31,34,37H2,1-4H3,(H9,60,62,63,65,66,67,72,73,74,75,76,77,78,79,80,81,82,83,84,85)/p+1. The van der Waals surface area contributed by atoms with Gasteiger partial charge in [0.1, 0.15) is 18.4 Å². The molecule has 0 spiro atoms. The normalized spacial score (nSPS) is 17.6. The summed E-state index contributed by atoms with van der Waals surface area (Å²) in [4.78, 5) is 55.0. The molecule has 0 radical (unpaired) electrons. The fourth-order valence-electron chi connectivity index (χ4n) is 11.4. The highest BCUT2D eigenvalue weighted by Crippen LogP contribution is 2.49. The molecule has 0 saturated heterocycles. The summed E-state index contributed by atoms with van der Waals surface area (Å²) in [6, 6.07) is 14.9. The number of aldehydes is 1. The molecule has 3 aromatic carbocycles. The number of aromatic amines is 1. The van der Waals surface area contributed by atoms with Crippen LogP contribution in [0, 0.1) is 0 Å². The lowest BCUT2D eigenvalue weighted by Crippen LogP contribution is -2.52. The molecule has 1 amide bonds. The molecule has 4 heterocycles. The molecule has 3 aliphatic rings. The van der Waals surface area contributed by atoms with Crippen molar-refractivity contribution in [2.24, 2.45) is 0 Å². The van der Waals surface area contributed by atoms with Gasteiger partial charge in [0.2, 0.25) is 11.6 Å². The van der Waals surface area contributed by atoms with Crippen molar-refractivity contribution in [1.29, 1.82) is 0 Å². The van der Waals surface area contributed by atoms with E-state index >= 15 is 0 Å². The number of benzene rings is 3. The van der Waals surface area contributed by atoms with Crippen LogP contribution in [0.15, 0.2) is 128 Å². The lowest BCUT2D eigenvalue weighted by atomic mass is 9.81. The predicted molar refractivity (Wildman–Crippen MR) is 335 cm³/mol. The lowest BCUT2D eigenvalue weighted by Gasteiger charge is -2.28. The summed E-state index contributed by atoms with van der Waals surface area (Å²) in [7, 11) is -17.7. The Kier molecular flexibility index (Phi) is 20.4. The second-order valence-corrected chi connectivity index (χ2v) is 29.2. The van der Waals surface area contributed by atoms with Gasteiger partial charge in [0, 0.05) is 71.0 Å². The number of aromatic nitrogens is 4. The number of aliphatic hydroxyl groups excluding tert-OH is 1. The molecule has 478 valence electrons. The summed E-state index contributed by atoms with van der Waals surface area (Å²) in [5, 5.41) is 20.1. The summed E-state index contributed by atoms with van der Waals surface area (Å²) < 4.78 is 137. The molecular weight excluding hydrogens is 1230 g/mol. The highest BCUT2D eigenvalue weighted by atomic mass is 32.2. The molecule has 5 aromatic rings. The maximum atomic E-state index is 13.7. The van der Waals surface area contributed by atoms with Gasteiger partial charge in [-0.3, -0.25) is 32.8 Å². The molecule has 30 heteroatoms. The zero-order valence-corrected chi connectivity index (χ0v) is 52.7. The average Bonchev–Trinajstić information content (AvgIpc) is 1.61. The van der Waals surface area contributed by atoms with E-state index < -0.39 is 86.4 Å². The molecule has 1 unspecified atom stereocenters. The van der Waals surface area contributed by atoms with Gasteiger partial charge in [0.25, 0.3) is 51.9 Å². The smallest absolute Gasteiger partial charge is 0.294 e. The zero-order chi connectivity index (χ0) is 64.9. The Bertz CT molecular complexity index is 4280. The molecule has 8 rings (SSSR count). The van der Waals surface area contributed by atoms with Crippen LogP contribution in [-0.4, -0.2) is 143 Å². The van der Waals surface area contributed by atoms with Crippen molar-refractivity contribution in [3.05, 3.63) is 146 Å². The molecule has 1 atom stereocenters. The topological polar surface area (TPSA) is 412 Å². The van der Waals surface area contributed by atoms with Crippen molar-refractivity contribution in [2.75, 3.05) is 53.7 Å². The number of H-pyrrole nitrogens is 1. The van der Waals surface area contributed by atoms with E-state index in [1.165, 1.54) is 42.6 Å². The van der Waals surface area contributed by atoms with Crippen LogP contribution >= 0.6 is 0 Å². The Morgan fingerprint density at radius 1 is 0.787 bits per heavy atom. The van der Waals surface area contributed by atoms with Crippen LogP contribution in [0.1, 0.15) is 119 Å². The number of carbonyl (C=O) groups is 2. The molecule has 89 heavy (non-hydrogen) atoms. The van der Waals surface area contributed by atoms with E-state index in [-0.39, 0.29) is 71.4 Å². The number of aliphatic hydroxyl groups is 1. The number of hydrogen-bond acceptors (Lipinski definition) is 19. The maximum Gasteiger partial charge on any atom is 0.294 e. The number of nitrogens with one attached hydrogen (secondary N) is 4. The first-order valence-electron chi connectivity index (χ1n) is 28.6. The molecule has 0 bridgehead atoms. The quantitative estimate of drug-likeness (QED) is 0.0122. The number of nitrogens with zero attached hydrogens (tertiary/aromatic N) is 5. The van der Waals surface area contributed by atoms with Gasteiger partial charge in [0.05, 0.1) is 51.8 Å². The number of unbranched alkanes of at least 4 members (excludes halogenated alkanes) is 3. The Labute approximate surface area is 516 Å². The van der Waals surface area contributed by atoms with Crippen molar-refractivity contribution in [3.63, 3.8) is 0 Å². The van der Waals surface area contributed by atoms with E-state index in [0.29, 0.717) is 91.7 Å². The van der Waals surface area contributed by atoms with E-state index in [0.717, 1.165) is 28.3 Å². The number of rotatable bonds is 28. The van der Waals surface area contributed by atoms with Crippen LogP contribution in [-0.2, 0) is 62.6 Å². The number of carbonyl (C=O) groups excluding carboxylic acids is 2. The summed E-state index contributed by atoms with van der Waals surface area (Å²) in [6.45, 7) is 7.95. The van der Waals surface area contributed by atoms with E-state index in [1.807, 2.05) is 61.5 Å². The van der Waals surface area contributed by atoms with E-state index in [4.69, 9.17) is 5.73 Å². The van der Waals surface area contributed by atoms with Gasteiger partial charge in [-0.25, -0.2) is 9.97 Å². The van der Waals surface area contributed by atoms with Crippen LogP contribution in [0.2, 0.25) is 0 Å². The van der Waals surface area contributed by atoms with Crippen molar-refractivity contribution < 1.29 is 71.2 Å². The molecular formula is C59H73N10O16S4+. The second kappa shape index (κ2) is 26.9. The first-order chi connectivity index (χ1) is 41.7. The van der Waals surface area contributed by atoms with E-state index in [9.17, 15) is 71.4 Å². The fraction of sp³-hybridized carbons (Fsp3) is 0.407. The minimum absolute atomic E-state index is 0.0177. The lowest BCUT2D eigenvalue weighted by molar-refractivity contribution is -0.438. The molecule has 26 nitrogen and oxygen atoms in total. The van der Waals surface area contributed by atoms with Crippen LogP contribution in [0.4, 0.5) is 23.0 Å². The van der Waals surface area contributed by atoms with Gasteiger partial charge in [0.15, 0.2) is 16.9 Å². The Morgan fingerprint density at radius 2 is 1.45 bits per heavy atom. The molecule has 0 saturated carbocycles. The molecule has 2 aromatic heterocycles. The Morgan fingerprint density at radius 3 is 2.10 bits per heavy atom. The number of nitrogens with two attached hydrogens (primary N) is 1. The van der Waals surface area contributed by atoms with Gasteiger partial charge in [-0.1, -0.05) is 26.0 Å². The number of hydrogen-bond donors (Lipinski definition) is 10. The van der Waals surface area contributed by atoms with Crippen molar-refractivity contribution >= 4 is 92.6 Å². The Balaban J connectivity index is 1.07. The van der Waals surface area contributed by atoms with Crippen molar-refractivity contribution in [3.8, 4) is 0 Å². The first kappa shape index (κ1) is 67.4. The average molecular weight is 1310 g/mol. The highest BCUT2D eigenvalue weighted by Gasteiger charge is 2.45. The van der Waals surface area contributed by atoms with Crippen molar-refractivity contribution in [1.82, 2.24) is 30.6 Å². The first-order valence-corrected chi connectivity index (χ1v) is 34.7. The monoisotopic (exact) mass is 1310 g/mol. The highest BCUT2D eigenvalue weighted by molar-refractivity contribution is 7.86. The SMILES string of the molecule is CC1(C)C(=CC=C2CCCC(C=CC3=[N+](CCCCS(=O)(=O)O)c4ccc(S(=O)(=O)O)cc4C3(C)C)=C2NCCCCC(C=O)(CO)NC(=O)c2ccc(NCc3cnc4nc(N)[nH]c(=O)c4n3)cc2)N(CCCCS(=O)(=O)O)c2ccc(S(=O)(=O)O)cc21. The number of amides is 1. The third-order valence-electron chi connectivity index (χ3n) is 16.1. The summed E-state index contributed by atoms with van der Waals surface area (Å²) in [6.07, 6.45) is 13.2. The fourth-order valence-corrected chi connectivity index (χ4v) is 13.6. The zero-order valence-electron chi connectivity index (χ0n) is 49.4. The molecule has 0 fully saturated rings. The largest absolute Gasteiger partial charge is 0.393 e. The summed E-state index contributed by atoms with van der Waals surface area (Å²) in [5.74, 6) is -1.63. The van der Waals surface area contributed by atoms with Gasteiger partial charge >= 0.3 is 0 Å². The number of allylic oxidation sites excluding steroid dienone is 7. The molecule has 2 aliphatic heterocycles. The van der Waals surface area contributed by atoms with E-state index in [2.05, 4.69) is 35.9 Å². The van der Waals surface area contributed by atoms with Gasteiger partial charge < -0.3 is 36.5 Å². The van der Waals surface area contributed by atoms with Gasteiger partial charge in [-0.15, -0.1) is 0 Å². The molecule has 11 N–H and O–H groups in total. The number of nitrogen functional groups attached to an aromatic ring is 1. The number of anilines is 3. The third kappa shape index (κ3) is 16.3. The second-order valence-electron chi connectivity index (χ2n) is 23.2. The minimum Gasteiger partial charge on any atom is -0.393 e. The predicted octanol–water partition coefficient (Wildman–Crippen LogP) is 5.84. The minimum atomic E-state index is -4.60. The maximum absolute atomic E-state index is 13.7. The van der Waals surface area contributed by atoms with Crippen LogP contribution in [0.3, 0.4) is 0 Å². The van der Waals surface area contributed by atoms with Crippen LogP contribution in [0.5, 0.6) is 0 Å². The van der Waals surface area contributed by atoms with Gasteiger partial charge in [-0.05, 0) is 149 Å². The Hall–Kier alpha value is -7.55. The molecule has 1 aliphatic carbocycles. The van der Waals surface area contributed by atoms with Crippen molar-refractivity contribution in [2.45, 2.75) is 125 Å². The van der Waals surface area contributed by atoms with E-state index in [1.54, 1.807) is 24.3 Å².